The number of nitriles is 1. The van der Waals surface area contributed by atoms with Crippen LogP contribution in [0.4, 0.5) is 0 Å². The van der Waals surface area contributed by atoms with E-state index in [4.69, 9.17) is 4.98 Å². The molecular formula is C23H14N4. The van der Waals surface area contributed by atoms with Crippen molar-refractivity contribution < 1.29 is 0 Å². The van der Waals surface area contributed by atoms with Crippen molar-refractivity contribution in [3.05, 3.63) is 90.6 Å². The summed E-state index contributed by atoms with van der Waals surface area (Å²) in [4.78, 5) is 9.43. The molecule has 2 aromatic heterocycles. The van der Waals surface area contributed by atoms with Crippen LogP contribution in [0, 0.1) is 11.3 Å². The van der Waals surface area contributed by atoms with Crippen molar-refractivity contribution in [3.63, 3.8) is 0 Å². The Morgan fingerprint density at radius 1 is 0.778 bits per heavy atom. The highest BCUT2D eigenvalue weighted by Gasteiger charge is 2.18. The van der Waals surface area contributed by atoms with Gasteiger partial charge in [0.05, 0.1) is 28.5 Å². The van der Waals surface area contributed by atoms with Gasteiger partial charge >= 0.3 is 0 Å². The van der Waals surface area contributed by atoms with Gasteiger partial charge in [0.1, 0.15) is 17.4 Å². The summed E-state index contributed by atoms with van der Waals surface area (Å²) in [5.74, 6) is 0.798. The topological polar surface area (TPSA) is 54.5 Å². The van der Waals surface area contributed by atoms with Gasteiger partial charge < -0.3 is 0 Å². The van der Waals surface area contributed by atoms with Crippen LogP contribution < -0.4 is 0 Å². The average Bonchev–Trinajstić information content (AvgIpc) is 3.14. The van der Waals surface area contributed by atoms with Gasteiger partial charge in [-0.2, -0.15) is 5.26 Å². The Balaban J connectivity index is 1.99. The van der Waals surface area contributed by atoms with E-state index in [2.05, 4.69) is 15.6 Å². The lowest BCUT2D eigenvalue weighted by molar-refractivity contribution is 1.10. The highest BCUT2D eigenvalue weighted by atomic mass is 15.1. The minimum Gasteiger partial charge on any atom is -0.290 e. The molecule has 4 heteroatoms. The van der Waals surface area contributed by atoms with E-state index < -0.39 is 0 Å². The molecule has 0 bridgehead atoms. The standard InChI is InChI=1S/C23H14N4/c24-14-17-10-4-7-13-21(17)27-22-18-11-5-6-12-19(18)25-15-20(22)26-23(27)16-8-2-1-3-9-16/h1-13,15H. The molecule has 0 radical (unpaired) electrons. The van der Waals surface area contributed by atoms with Gasteiger partial charge in [0, 0.05) is 10.9 Å². The molecular weight excluding hydrogens is 332 g/mol. The zero-order valence-electron chi connectivity index (χ0n) is 14.4. The summed E-state index contributed by atoms with van der Waals surface area (Å²) in [7, 11) is 0. The summed E-state index contributed by atoms with van der Waals surface area (Å²) >= 11 is 0. The lowest BCUT2D eigenvalue weighted by Crippen LogP contribution is -2.00. The molecule has 0 aliphatic heterocycles. The molecule has 0 atom stereocenters. The SMILES string of the molecule is N#Cc1ccccc1-n1c(-c2ccccc2)nc2cnc3ccccc3c21. The van der Waals surface area contributed by atoms with Gasteiger partial charge in [0.2, 0.25) is 0 Å². The summed E-state index contributed by atoms with van der Waals surface area (Å²) < 4.78 is 2.08. The molecule has 5 rings (SSSR count). The highest BCUT2D eigenvalue weighted by Crippen LogP contribution is 2.33. The molecule has 0 aliphatic rings. The van der Waals surface area contributed by atoms with Crippen LogP contribution in [0.3, 0.4) is 0 Å². The Bertz CT molecular complexity index is 1330. The molecule has 0 saturated carbocycles. The summed E-state index contributed by atoms with van der Waals surface area (Å²) in [5.41, 5.74) is 5.08. The van der Waals surface area contributed by atoms with Crippen molar-refractivity contribution in [2.45, 2.75) is 0 Å². The first kappa shape index (κ1) is 15.3. The molecule has 0 saturated heterocycles. The second-order valence-corrected chi connectivity index (χ2v) is 6.27. The fraction of sp³-hybridized carbons (Fsp3) is 0. The second kappa shape index (κ2) is 6.08. The number of hydrogen-bond acceptors (Lipinski definition) is 3. The maximum Gasteiger partial charge on any atom is 0.145 e. The van der Waals surface area contributed by atoms with Gasteiger partial charge in [-0.3, -0.25) is 9.55 Å². The number of aromatic nitrogens is 3. The second-order valence-electron chi connectivity index (χ2n) is 6.27. The van der Waals surface area contributed by atoms with E-state index in [1.54, 1.807) is 6.20 Å². The zero-order chi connectivity index (χ0) is 18.2. The fourth-order valence-electron chi connectivity index (χ4n) is 3.48. The Morgan fingerprint density at radius 3 is 2.37 bits per heavy atom. The lowest BCUT2D eigenvalue weighted by atomic mass is 10.1. The summed E-state index contributed by atoms with van der Waals surface area (Å²) in [6, 6.07) is 28.0. The predicted octanol–water partition coefficient (Wildman–Crippen LogP) is 5.11. The number of pyridine rings is 1. The van der Waals surface area contributed by atoms with Crippen LogP contribution in [0.15, 0.2) is 85.1 Å². The van der Waals surface area contributed by atoms with E-state index in [0.29, 0.717) is 5.56 Å². The van der Waals surface area contributed by atoms with E-state index in [-0.39, 0.29) is 0 Å². The molecule has 2 heterocycles. The molecule has 0 N–H and O–H groups in total. The minimum absolute atomic E-state index is 0.606. The van der Waals surface area contributed by atoms with Gasteiger partial charge in [-0.15, -0.1) is 0 Å². The Morgan fingerprint density at radius 2 is 1.52 bits per heavy atom. The number of imidazole rings is 1. The Kier molecular flexibility index (Phi) is 3.44. The summed E-state index contributed by atoms with van der Waals surface area (Å²) in [5, 5.41) is 10.7. The molecule has 27 heavy (non-hydrogen) atoms. The first-order valence-corrected chi connectivity index (χ1v) is 8.68. The minimum atomic E-state index is 0.606. The van der Waals surface area contributed by atoms with Gasteiger partial charge in [-0.25, -0.2) is 4.98 Å². The molecule has 126 valence electrons. The quantitative estimate of drug-likeness (QED) is 0.446. The van der Waals surface area contributed by atoms with E-state index >= 15 is 0 Å². The van der Waals surface area contributed by atoms with E-state index in [1.165, 1.54) is 0 Å². The van der Waals surface area contributed by atoms with Crippen LogP contribution in [0.5, 0.6) is 0 Å². The van der Waals surface area contributed by atoms with Gasteiger partial charge in [0.15, 0.2) is 0 Å². The number of benzene rings is 3. The van der Waals surface area contributed by atoms with E-state index in [9.17, 15) is 5.26 Å². The van der Waals surface area contributed by atoms with Crippen molar-refractivity contribution in [3.8, 4) is 23.1 Å². The summed E-state index contributed by atoms with van der Waals surface area (Å²) in [6.45, 7) is 0. The number of fused-ring (bicyclic) bond motifs is 3. The third kappa shape index (κ3) is 2.37. The molecule has 4 nitrogen and oxygen atoms in total. The molecule has 3 aromatic carbocycles. The van der Waals surface area contributed by atoms with Crippen molar-refractivity contribution >= 4 is 21.9 Å². The Hall–Kier alpha value is -3.97. The zero-order valence-corrected chi connectivity index (χ0v) is 14.4. The van der Waals surface area contributed by atoms with Gasteiger partial charge in [0.25, 0.3) is 0 Å². The third-order valence-corrected chi connectivity index (χ3v) is 4.69. The van der Waals surface area contributed by atoms with Crippen molar-refractivity contribution in [1.29, 1.82) is 5.26 Å². The molecule has 0 spiro atoms. The van der Waals surface area contributed by atoms with Gasteiger partial charge in [-0.1, -0.05) is 60.7 Å². The maximum absolute atomic E-state index is 9.67. The van der Waals surface area contributed by atoms with Crippen LogP contribution in [-0.2, 0) is 0 Å². The number of nitrogens with zero attached hydrogens (tertiary/aromatic N) is 4. The molecule has 5 aromatic rings. The maximum atomic E-state index is 9.67. The molecule has 0 amide bonds. The van der Waals surface area contributed by atoms with Gasteiger partial charge in [-0.05, 0) is 18.2 Å². The Labute approximate surface area is 156 Å². The number of hydrogen-bond donors (Lipinski definition) is 0. The first-order chi connectivity index (χ1) is 13.4. The highest BCUT2D eigenvalue weighted by molar-refractivity contribution is 6.04. The summed E-state index contributed by atoms with van der Waals surface area (Å²) in [6.07, 6.45) is 1.80. The van der Waals surface area contributed by atoms with Crippen LogP contribution >= 0.6 is 0 Å². The molecule has 0 unspecified atom stereocenters. The van der Waals surface area contributed by atoms with Crippen molar-refractivity contribution in [1.82, 2.24) is 14.5 Å². The number of rotatable bonds is 2. The van der Waals surface area contributed by atoms with Crippen LogP contribution in [0.1, 0.15) is 5.56 Å². The fourth-order valence-corrected chi connectivity index (χ4v) is 3.48. The van der Waals surface area contributed by atoms with Crippen LogP contribution in [-0.4, -0.2) is 14.5 Å². The van der Waals surface area contributed by atoms with Crippen LogP contribution in [0.25, 0.3) is 39.0 Å². The smallest absolute Gasteiger partial charge is 0.145 e. The van der Waals surface area contributed by atoms with Crippen molar-refractivity contribution in [2.75, 3.05) is 0 Å². The molecule has 0 fully saturated rings. The first-order valence-electron chi connectivity index (χ1n) is 8.68. The lowest BCUT2D eigenvalue weighted by Gasteiger charge is -2.12. The monoisotopic (exact) mass is 346 g/mol. The van der Waals surface area contributed by atoms with Crippen molar-refractivity contribution in [2.24, 2.45) is 0 Å². The van der Waals surface area contributed by atoms with Crippen LogP contribution in [0.2, 0.25) is 0 Å². The normalized spacial score (nSPS) is 10.9. The van der Waals surface area contributed by atoms with E-state index in [0.717, 1.165) is 39.0 Å². The average molecular weight is 346 g/mol. The largest absolute Gasteiger partial charge is 0.290 e. The molecule has 0 aliphatic carbocycles. The number of para-hydroxylation sites is 2. The predicted molar refractivity (Wildman–Crippen MR) is 107 cm³/mol. The van der Waals surface area contributed by atoms with E-state index in [1.807, 2.05) is 78.9 Å². The third-order valence-electron chi connectivity index (χ3n) is 4.69.